The molecule has 1 heterocycles. The second kappa shape index (κ2) is 9.72. The minimum atomic E-state index is -3.83. The summed E-state index contributed by atoms with van der Waals surface area (Å²) >= 11 is 7.82. The zero-order valence-electron chi connectivity index (χ0n) is 15.4. The third-order valence-corrected chi connectivity index (χ3v) is 6.62. The molecule has 2 N–H and O–H groups in total. The average molecular weight is 436 g/mol. The lowest BCUT2D eigenvalue weighted by molar-refractivity contribution is 0.399. The van der Waals surface area contributed by atoms with E-state index < -0.39 is 22.7 Å². The predicted molar refractivity (Wildman–Crippen MR) is 107 cm³/mol. The number of benzene rings is 1. The molecule has 0 radical (unpaired) electrons. The molecule has 1 atom stereocenters. The Bertz CT molecular complexity index is 872. The molecule has 0 aliphatic rings. The van der Waals surface area contributed by atoms with E-state index in [2.05, 4.69) is 20.2 Å². The minimum absolute atomic E-state index is 0.00904. The highest BCUT2D eigenvalue weighted by Gasteiger charge is 2.20. The number of alkyl halides is 1. The fraction of sp³-hybridized carbons (Fsp3) is 0.500. The van der Waals surface area contributed by atoms with Crippen LogP contribution in [-0.2, 0) is 23.6 Å². The van der Waals surface area contributed by atoms with Gasteiger partial charge in [0.25, 0.3) is 0 Å². The first-order valence-electron chi connectivity index (χ1n) is 8.45. The monoisotopic (exact) mass is 435 g/mol. The normalized spacial score (nSPS) is 12.9. The van der Waals surface area contributed by atoms with Gasteiger partial charge in [-0.2, -0.15) is 0 Å². The number of nitrogens with zero attached hydrogens (tertiary/aromatic N) is 3. The lowest BCUT2D eigenvalue weighted by atomic mass is 10.3. The van der Waals surface area contributed by atoms with Gasteiger partial charge < -0.3 is 9.88 Å². The third kappa shape index (κ3) is 5.56. The van der Waals surface area contributed by atoms with Gasteiger partial charge in [0, 0.05) is 7.05 Å². The number of sulfonamides is 1. The molecule has 1 unspecified atom stereocenters. The maximum absolute atomic E-state index is 12.8. The molecule has 0 amide bonds. The smallest absolute Gasteiger partial charge is 0.240 e. The number of rotatable bonds is 10. The molecule has 7 nitrogen and oxygen atoms in total. The summed E-state index contributed by atoms with van der Waals surface area (Å²) in [6.45, 7) is 3.37. The van der Waals surface area contributed by atoms with E-state index in [-0.39, 0.29) is 9.92 Å². The molecule has 0 aliphatic carbocycles. The summed E-state index contributed by atoms with van der Waals surface area (Å²) in [6, 6.07) is 3.59. The van der Waals surface area contributed by atoms with Crippen molar-refractivity contribution in [3.8, 4) is 0 Å². The molecule has 2 rings (SSSR count). The Morgan fingerprint density at radius 3 is 2.67 bits per heavy atom. The van der Waals surface area contributed by atoms with Gasteiger partial charge in [0.15, 0.2) is 11.0 Å². The second-order valence-corrected chi connectivity index (χ2v) is 9.12. The fourth-order valence-corrected chi connectivity index (χ4v) is 4.54. The lowest BCUT2D eigenvalue weighted by Crippen LogP contribution is -2.35. The van der Waals surface area contributed by atoms with Gasteiger partial charge in [0.1, 0.15) is 6.67 Å². The summed E-state index contributed by atoms with van der Waals surface area (Å²) in [4.78, 5) is -0.00904. The Hall–Kier alpha value is -1.36. The number of thioether (sulfide) groups is 1. The number of hydrogen-bond acceptors (Lipinski definition) is 6. The molecule has 0 spiro atoms. The van der Waals surface area contributed by atoms with Gasteiger partial charge in [-0.15, -0.1) is 10.2 Å². The molecule has 0 saturated carbocycles. The number of anilines is 1. The molecular weight excluding hydrogens is 413 g/mol. The van der Waals surface area contributed by atoms with Crippen LogP contribution in [0.2, 0.25) is 5.02 Å². The molecule has 0 saturated heterocycles. The molecule has 150 valence electrons. The van der Waals surface area contributed by atoms with Crippen molar-refractivity contribution in [3.05, 3.63) is 29.0 Å². The van der Waals surface area contributed by atoms with E-state index in [0.29, 0.717) is 18.7 Å². The van der Waals surface area contributed by atoms with E-state index in [0.717, 1.165) is 16.7 Å². The van der Waals surface area contributed by atoms with Crippen molar-refractivity contribution < 1.29 is 12.8 Å². The summed E-state index contributed by atoms with van der Waals surface area (Å²) in [5.74, 6) is 1.63. The first kappa shape index (κ1) is 21.9. The van der Waals surface area contributed by atoms with Gasteiger partial charge in [-0.05, 0) is 30.4 Å². The molecule has 11 heteroatoms. The largest absolute Gasteiger partial charge is 0.377 e. The van der Waals surface area contributed by atoms with E-state index in [1.165, 1.54) is 12.1 Å². The molecule has 1 aromatic heterocycles. The Morgan fingerprint density at radius 2 is 2.07 bits per heavy atom. The highest BCUT2D eigenvalue weighted by molar-refractivity contribution is 7.99. The lowest BCUT2D eigenvalue weighted by Gasteiger charge is -2.15. The summed E-state index contributed by atoms with van der Waals surface area (Å²) in [7, 11) is -1.95. The third-order valence-electron chi connectivity index (χ3n) is 3.89. The molecule has 27 heavy (non-hydrogen) atoms. The van der Waals surface area contributed by atoms with Crippen LogP contribution in [0.3, 0.4) is 0 Å². The Kier molecular flexibility index (Phi) is 7.90. The molecule has 0 fully saturated rings. The SMILES string of the molecule is CCSc1nnc(CNc2ccc(S(=O)(=O)NC(CC)CF)cc2Cl)n1C. The van der Waals surface area contributed by atoms with Crippen LogP contribution in [0.15, 0.2) is 28.3 Å². The maximum atomic E-state index is 12.8. The second-order valence-electron chi connectivity index (χ2n) is 5.77. The van der Waals surface area contributed by atoms with Crippen LogP contribution in [-0.4, -0.2) is 41.7 Å². The molecule has 0 bridgehead atoms. The fourth-order valence-electron chi connectivity index (χ4n) is 2.25. The Balaban J connectivity index is 2.10. The number of hydrogen-bond donors (Lipinski definition) is 2. The van der Waals surface area contributed by atoms with E-state index >= 15 is 0 Å². The standard InChI is InChI=1S/C16H23ClFN5O2S2/c1-4-11(9-18)22-27(24,25)12-6-7-14(13(17)8-12)19-10-15-20-21-16(23(15)3)26-5-2/h6-8,11,19,22H,4-5,9-10H2,1-3H3. The van der Waals surface area contributed by atoms with Gasteiger partial charge in [0.05, 0.1) is 28.2 Å². The van der Waals surface area contributed by atoms with Crippen LogP contribution in [0.4, 0.5) is 10.1 Å². The van der Waals surface area contributed by atoms with Crippen molar-refractivity contribution in [2.75, 3.05) is 17.7 Å². The zero-order chi connectivity index (χ0) is 20.0. The predicted octanol–water partition coefficient (Wildman–Crippen LogP) is 3.22. The van der Waals surface area contributed by atoms with Crippen LogP contribution in [0.25, 0.3) is 0 Å². The van der Waals surface area contributed by atoms with Crippen molar-refractivity contribution in [2.45, 2.75) is 42.9 Å². The van der Waals surface area contributed by atoms with Crippen LogP contribution < -0.4 is 10.0 Å². The Labute approximate surface area is 168 Å². The van der Waals surface area contributed by atoms with Crippen molar-refractivity contribution in [1.29, 1.82) is 0 Å². The van der Waals surface area contributed by atoms with Crippen molar-refractivity contribution in [2.24, 2.45) is 7.05 Å². The van der Waals surface area contributed by atoms with Gasteiger partial charge in [-0.3, -0.25) is 0 Å². The highest BCUT2D eigenvalue weighted by atomic mass is 35.5. The van der Waals surface area contributed by atoms with Gasteiger partial charge in [-0.1, -0.05) is 37.2 Å². The average Bonchev–Trinajstić information content (AvgIpc) is 2.99. The molecule has 2 aromatic rings. The van der Waals surface area contributed by atoms with Crippen LogP contribution >= 0.6 is 23.4 Å². The van der Waals surface area contributed by atoms with Crippen molar-refractivity contribution >= 4 is 39.1 Å². The number of nitrogens with one attached hydrogen (secondary N) is 2. The molecule has 1 aromatic carbocycles. The molecular formula is C16H23ClFN5O2S2. The van der Waals surface area contributed by atoms with E-state index in [1.54, 1.807) is 24.8 Å². The van der Waals surface area contributed by atoms with Gasteiger partial charge in [0.2, 0.25) is 10.0 Å². The van der Waals surface area contributed by atoms with Crippen molar-refractivity contribution in [3.63, 3.8) is 0 Å². The summed E-state index contributed by atoms with van der Waals surface area (Å²) in [5.41, 5.74) is 0.570. The van der Waals surface area contributed by atoms with E-state index in [1.807, 2.05) is 18.5 Å². The summed E-state index contributed by atoms with van der Waals surface area (Å²) in [5, 5.41) is 12.4. The topological polar surface area (TPSA) is 88.9 Å². The minimum Gasteiger partial charge on any atom is -0.377 e. The summed E-state index contributed by atoms with van der Waals surface area (Å²) < 4.78 is 41.7. The zero-order valence-corrected chi connectivity index (χ0v) is 17.8. The number of aromatic nitrogens is 3. The van der Waals surface area contributed by atoms with Crippen molar-refractivity contribution in [1.82, 2.24) is 19.5 Å². The maximum Gasteiger partial charge on any atom is 0.240 e. The highest BCUT2D eigenvalue weighted by Crippen LogP contribution is 2.26. The van der Waals surface area contributed by atoms with Gasteiger partial charge in [-0.25, -0.2) is 17.5 Å². The Morgan fingerprint density at radius 1 is 1.33 bits per heavy atom. The van der Waals surface area contributed by atoms with E-state index in [4.69, 9.17) is 11.6 Å². The summed E-state index contributed by atoms with van der Waals surface area (Å²) in [6.07, 6.45) is 0.360. The van der Waals surface area contributed by atoms with Crippen LogP contribution in [0.1, 0.15) is 26.1 Å². The first-order chi connectivity index (χ1) is 12.8. The van der Waals surface area contributed by atoms with Crippen LogP contribution in [0.5, 0.6) is 0 Å². The molecule has 0 aliphatic heterocycles. The van der Waals surface area contributed by atoms with E-state index in [9.17, 15) is 12.8 Å². The first-order valence-corrected chi connectivity index (χ1v) is 11.3. The van der Waals surface area contributed by atoms with Gasteiger partial charge >= 0.3 is 0 Å². The quantitative estimate of drug-likeness (QED) is 0.557. The number of halogens is 2. The van der Waals surface area contributed by atoms with Crippen LogP contribution in [0, 0.1) is 0 Å².